The summed E-state index contributed by atoms with van der Waals surface area (Å²) in [4.78, 5) is 0. The number of aromatic hydroxyl groups is 2. The van der Waals surface area contributed by atoms with E-state index in [1.807, 2.05) is 12.1 Å². The first-order chi connectivity index (χ1) is 12.6. The van der Waals surface area contributed by atoms with Crippen molar-refractivity contribution in [3.8, 4) is 22.6 Å². The Hall–Kier alpha value is -1.96. The van der Waals surface area contributed by atoms with Crippen molar-refractivity contribution in [1.82, 2.24) is 0 Å². The third-order valence-electron chi connectivity index (χ3n) is 5.50. The van der Waals surface area contributed by atoms with E-state index in [9.17, 15) is 10.2 Å². The fourth-order valence-electron chi connectivity index (χ4n) is 3.53. The minimum atomic E-state index is -0.193. The largest absolute Gasteiger partial charge is 0.507 e. The van der Waals surface area contributed by atoms with Gasteiger partial charge < -0.3 is 10.2 Å². The number of benzene rings is 2. The quantitative estimate of drug-likeness (QED) is 0.573. The Morgan fingerprint density at radius 1 is 0.571 bits per heavy atom. The zero-order chi connectivity index (χ0) is 21.6. The second kappa shape index (κ2) is 7.46. The highest BCUT2D eigenvalue weighted by molar-refractivity contribution is 5.80. The summed E-state index contributed by atoms with van der Waals surface area (Å²) in [5.41, 5.74) is 5.24. The molecule has 28 heavy (non-hydrogen) atoms. The van der Waals surface area contributed by atoms with Crippen LogP contribution in [-0.2, 0) is 10.8 Å². The summed E-state index contributed by atoms with van der Waals surface area (Å²) in [6.45, 7) is 21.3. The van der Waals surface area contributed by atoms with Crippen molar-refractivity contribution in [2.45, 2.75) is 91.9 Å². The summed E-state index contributed by atoms with van der Waals surface area (Å²) >= 11 is 0. The van der Waals surface area contributed by atoms with Gasteiger partial charge in [0.25, 0.3) is 0 Å². The van der Waals surface area contributed by atoms with Gasteiger partial charge in [-0.25, -0.2) is 0 Å². The lowest BCUT2D eigenvalue weighted by molar-refractivity contribution is 0.440. The maximum atomic E-state index is 11.2. The molecular weight excluding hydrogens is 344 g/mol. The van der Waals surface area contributed by atoms with Crippen LogP contribution in [0.3, 0.4) is 0 Å². The summed E-state index contributed by atoms with van der Waals surface area (Å²) in [6, 6.07) is 8.30. The van der Waals surface area contributed by atoms with Gasteiger partial charge in [-0.2, -0.15) is 0 Å². The van der Waals surface area contributed by atoms with Gasteiger partial charge in [-0.1, -0.05) is 81.4 Å². The summed E-state index contributed by atoms with van der Waals surface area (Å²) < 4.78 is 0. The van der Waals surface area contributed by atoms with E-state index < -0.39 is 0 Å². The molecule has 2 heteroatoms. The van der Waals surface area contributed by atoms with Gasteiger partial charge in [0.1, 0.15) is 11.5 Å². The number of hydrogen-bond donors (Lipinski definition) is 2. The second-order valence-electron chi connectivity index (χ2n) is 10.7. The van der Waals surface area contributed by atoms with Gasteiger partial charge in [0.05, 0.1) is 0 Å². The molecule has 0 amide bonds. The summed E-state index contributed by atoms with van der Waals surface area (Å²) in [5, 5.41) is 22.4. The first-order valence-corrected chi connectivity index (χ1v) is 10.4. The molecular formula is C26H38O2. The lowest BCUT2D eigenvalue weighted by atomic mass is 9.79. The Labute approximate surface area is 171 Å². The van der Waals surface area contributed by atoms with Crippen LogP contribution in [0.25, 0.3) is 11.1 Å². The van der Waals surface area contributed by atoms with Crippen LogP contribution in [0.15, 0.2) is 24.3 Å². The molecule has 0 aliphatic rings. The van der Waals surface area contributed by atoms with Crippen molar-refractivity contribution in [1.29, 1.82) is 0 Å². The zero-order valence-corrected chi connectivity index (χ0v) is 19.4. The molecule has 0 atom stereocenters. The highest BCUT2D eigenvalue weighted by atomic mass is 16.3. The van der Waals surface area contributed by atoms with E-state index in [0.29, 0.717) is 11.8 Å². The van der Waals surface area contributed by atoms with Crippen LogP contribution < -0.4 is 0 Å². The molecule has 0 bridgehead atoms. The Balaban J connectivity index is 2.94. The molecule has 0 saturated heterocycles. The van der Waals surface area contributed by atoms with Gasteiger partial charge >= 0.3 is 0 Å². The number of rotatable bonds is 3. The van der Waals surface area contributed by atoms with E-state index in [-0.39, 0.29) is 22.3 Å². The van der Waals surface area contributed by atoms with Gasteiger partial charge in [-0.15, -0.1) is 0 Å². The molecule has 0 spiro atoms. The summed E-state index contributed by atoms with van der Waals surface area (Å²) in [5.74, 6) is 1.21. The van der Waals surface area contributed by atoms with E-state index in [2.05, 4.69) is 81.4 Å². The number of hydrogen-bond acceptors (Lipinski definition) is 2. The third-order valence-corrected chi connectivity index (χ3v) is 5.50. The molecule has 0 heterocycles. The standard InChI is InChI=1S/C26H38O2/c1-15(2)17-11-19(23(27)21(13-17)25(5,6)7)20-12-18(16(3)4)14-22(24(20)28)26(8,9)10/h11-16,27-28H,1-10H3. The van der Waals surface area contributed by atoms with Crippen LogP contribution in [0.1, 0.15) is 103 Å². The van der Waals surface area contributed by atoms with Crippen LogP contribution in [0.5, 0.6) is 11.5 Å². The zero-order valence-electron chi connectivity index (χ0n) is 19.4. The molecule has 2 N–H and O–H groups in total. The first-order valence-electron chi connectivity index (χ1n) is 10.4. The van der Waals surface area contributed by atoms with Gasteiger partial charge in [0.2, 0.25) is 0 Å². The Morgan fingerprint density at radius 3 is 1.07 bits per heavy atom. The molecule has 0 radical (unpaired) electrons. The lowest BCUT2D eigenvalue weighted by Crippen LogP contribution is -2.14. The molecule has 0 aromatic heterocycles. The lowest BCUT2D eigenvalue weighted by Gasteiger charge is -2.27. The third kappa shape index (κ3) is 4.37. The van der Waals surface area contributed by atoms with Crippen LogP contribution in [0.4, 0.5) is 0 Å². The molecule has 154 valence electrons. The van der Waals surface area contributed by atoms with Gasteiger partial charge in [-0.3, -0.25) is 0 Å². The fraction of sp³-hybridized carbons (Fsp3) is 0.538. The van der Waals surface area contributed by atoms with Gasteiger partial charge in [-0.05, 0) is 45.9 Å². The molecule has 2 aromatic rings. The molecule has 0 saturated carbocycles. The van der Waals surface area contributed by atoms with Crippen molar-refractivity contribution in [2.75, 3.05) is 0 Å². The average Bonchev–Trinajstić information content (AvgIpc) is 2.52. The fourth-order valence-corrected chi connectivity index (χ4v) is 3.53. The first kappa shape index (κ1) is 22.3. The van der Waals surface area contributed by atoms with Crippen molar-refractivity contribution in [3.05, 3.63) is 46.5 Å². The molecule has 2 aromatic carbocycles. The maximum Gasteiger partial charge on any atom is 0.127 e. The van der Waals surface area contributed by atoms with Crippen LogP contribution in [0, 0.1) is 0 Å². The van der Waals surface area contributed by atoms with E-state index in [1.54, 1.807) is 0 Å². The molecule has 0 aliphatic carbocycles. The molecule has 0 aliphatic heterocycles. The Kier molecular flexibility index (Phi) is 5.95. The highest BCUT2D eigenvalue weighted by Crippen LogP contribution is 2.47. The van der Waals surface area contributed by atoms with Gasteiger partial charge in [0, 0.05) is 22.3 Å². The number of phenols is 2. The SMILES string of the molecule is CC(C)c1cc(-c2cc(C(C)C)cc(C(C)(C)C)c2O)c(O)c(C(C)(C)C)c1. The Morgan fingerprint density at radius 2 is 0.857 bits per heavy atom. The predicted octanol–water partition coefficient (Wildman–Crippen LogP) is 7.61. The summed E-state index contributed by atoms with van der Waals surface area (Å²) in [7, 11) is 0. The van der Waals surface area contributed by atoms with E-state index >= 15 is 0 Å². The predicted molar refractivity (Wildman–Crippen MR) is 121 cm³/mol. The van der Waals surface area contributed by atoms with Gasteiger partial charge in [0.15, 0.2) is 0 Å². The maximum absolute atomic E-state index is 11.2. The highest BCUT2D eigenvalue weighted by Gasteiger charge is 2.27. The normalized spacial score (nSPS) is 12.9. The van der Waals surface area contributed by atoms with Crippen LogP contribution in [-0.4, -0.2) is 10.2 Å². The minimum Gasteiger partial charge on any atom is -0.507 e. The molecule has 2 rings (SSSR count). The van der Waals surface area contributed by atoms with Crippen molar-refractivity contribution in [3.63, 3.8) is 0 Å². The van der Waals surface area contributed by atoms with E-state index in [4.69, 9.17) is 0 Å². The Bertz CT molecular complexity index is 786. The second-order valence-corrected chi connectivity index (χ2v) is 10.7. The van der Waals surface area contributed by atoms with E-state index in [0.717, 1.165) is 22.3 Å². The molecule has 2 nitrogen and oxygen atoms in total. The molecule has 0 fully saturated rings. The topological polar surface area (TPSA) is 40.5 Å². The van der Waals surface area contributed by atoms with Crippen LogP contribution in [0.2, 0.25) is 0 Å². The van der Waals surface area contributed by atoms with E-state index in [1.165, 1.54) is 11.1 Å². The van der Waals surface area contributed by atoms with Crippen molar-refractivity contribution >= 4 is 0 Å². The molecule has 0 unspecified atom stereocenters. The smallest absolute Gasteiger partial charge is 0.127 e. The van der Waals surface area contributed by atoms with Crippen LogP contribution >= 0.6 is 0 Å². The van der Waals surface area contributed by atoms with Crippen molar-refractivity contribution in [2.24, 2.45) is 0 Å². The monoisotopic (exact) mass is 382 g/mol. The average molecular weight is 383 g/mol. The van der Waals surface area contributed by atoms with Crippen molar-refractivity contribution < 1.29 is 10.2 Å². The minimum absolute atomic E-state index is 0.193. The summed E-state index contributed by atoms with van der Waals surface area (Å²) in [6.07, 6.45) is 0. The number of phenolic OH excluding ortho intramolecular Hbond substituents is 2.